The summed E-state index contributed by atoms with van der Waals surface area (Å²) in [6.45, 7) is 8.14. The van der Waals surface area contributed by atoms with Crippen molar-refractivity contribution in [2.24, 2.45) is 5.92 Å². The largest absolute Gasteiger partial charge is 0.316 e. The summed E-state index contributed by atoms with van der Waals surface area (Å²) in [6, 6.07) is 3.74. The van der Waals surface area contributed by atoms with Crippen LogP contribution in [0.3, 0.4) is 0 Å². The van der Waals surface area contributed by atoms with Crippen LogP contribution in [-0.4, -0.2) is 13.1 Å². The number of hydrogen-bond acceptors (Lipinski definition) is 1. The minimum Gasteiger partial charge on any atom is -0.316 e. The van der Waals surface area contributed by atoms with E-state index in [9.17, 15) is 8.78 Å². The molecule has 0 saturated heterocycles. The molecule has 96 valence electrons. The van der Waals surface area contributed by atoms with Gasteiger partial charge in [-0.2, -0.15) is 0 Å². The van der Waals surface area contributed by atoms with Crippen molar-refractivity contribution in [2.75, 3.05) is 13.1 Å². The maximum atomic E-state index is 13.0. The van der Waals surface area contributed by atoms with Gasteiger partial charge in [-0.25, -0.2) is 8.78 Å². The fourth-order valence-corrected chi connectivity index (χ4v) is 1.74. The van der Waals surface area contributed by atoms with Crippen LogP contribution in [0.4, 0.5) is 8.78 Å². The van der Waals surface area contributed by atoms with Crippen molar-refractivity contribution >= 4 is 0 Å². The molecule has 0 amide bonds. The Hall–Kier alpha value is -0.960. The first kappa shape index (κ1) is 14.1. The van der Waals surface area contributed by atoms with E-state index in [-0.39, 0.29) is 5.92 Å². The van der Waals surface area contributed by atoms with Crippen molar-refractivity contribution < 1.29 is 8.78 Å². The predicted octanol–water partition coefficient (Wildman–Crippen LogP) is 3.70. The second-order valence-electron chi connectivity index (χ2n) is 4.99. The molecule has 17 heavy (non-hydrogen) atoms. The van der Waals surface area contributed by atoms with E-state index in [0.717, 1.165) is 31.1 Å². The van der Waals surface area contributed by atoms with E-state index >= 15 is 0 Å². The van der Waals surface area contributed by atoms with Crippen molar-refractivity contribution in [1.82, 2.24) is 5.32 Å². The van der Waals surface area contributed by atoms with Gasteiger partial charge < -0.3 is 5.32 Å². The molecule has 0 aliphatic heterocycles. The van der Waals surface area contributed by atoms with E-state index in [1.54, 1.807) is 0 Å². The summed E-state index contributed by atoms with van der Waals surface area (Å²) in [7, 11) is 0. The molecule has 1 atom stereocenters. The van der Waals surface area contributed by atoms with Crippen LogP contribution in [0.2, 0.25) is 0 Å². The number of hydrogen-bond donors (Lipinski definition) is 1. The summed E-state index contributed by atoms with van der Waals surface area (Å²) in [5.74, 6) is -0.208. The molecule has 0 radical (unpaired) electrons. The van der Waals surface area contributed by atoms with Gasteiger partial charge in [-0.05, 0) is 49.0 Å². The van der Waals surface area contributed by atoms with Gasteiger partial charge in [0, 0.05) is 6.07 Å². The Morgan fingerprint density at radius 3 is 2.18 bits per heavy atom. The average Bonchev–Trinajstić information content (AvgIpc) is 2.22. The maximum absolute atomic E-state index is 13.0. The molecule has 0 fully saturated rings. The topological polar surface area (TPSA) is 12.0 Å². The van der Waals surface area contributed by atoms with Crippen LogP contribution in [0, 0.1) is 17.6 Å². The Morgan fingerprint density at radius 2 is 1.65 bits per heavy atom. The third-order valence-electron chi connectivity index (χ3n) is 2.76. The van der Waals surface area contributed by atoms with E-state index in [1.165, 1.54) is 12.1 Å². The van der Waals surface area contributed by atoms with Gasteiger partial charge in [0.05, 0.1) is 0 Å². The highest BCUT2D eigenvalue weighted by molar-refractivity contribution is 5.21. The molecule has 0 heterocycles. The van der Waals surface area contributed by atoms with Gasteiger partial charge in [0.1, 0.15) is 11.6 Å². The van der Waals surface area contributed by atoms with Crippen molar-refractivity contribution in [1.29, 1.82) is 0 Å². The first-order chi connectivity index (χ1) is 7.99. The first-order valence-electron chi connectivity index (χ1n) is 6.15. The third-order valence-corrected chi connectivity index (χ3v) is 2.76. The molecule has 3 heteroatoms. The van der Waals surface area contributed by atoms with Crippen LogP contribution in [0.25, 0.3) is 0 Å². The fraction of sp³-hybridized carbons (Fsp3) is 0.571. The Labute approximate surface area is 102 Å². The van der Waals surface area contributed by atoms with E-state index in [0.29, 0.717) is 5.92 Å². The predicted molar refractivity (Wildman–Crippen MR) is 67.1 cm³/mol. The molecule has 0 aliphatic rings. The molecular weight excluding hydrogens is 220 g/mol. The number of halogens is 2. The van der Waals surface area contributed by atoms with Gasteiger partial charge in [0.15, 0.2) is 0 Å². The monoisotopic (exact) mass is 241 g/mol. The summed E-state index contributed by atoms with van der Waals surface area (Å²) in [4.78, 5) is 0. The maximum Gasteiger partial charge on any atom is 0.126 e. The van der Waals surface area contributed by atoms with Gasteiger partial charge >= 0.3 is 0 Å². The molecule has 0 aromatic heterocycles. The summed E-state index contributed by atoms with van der Waals surface area (Å²) in [5.41, 5.74) is 0.730. The zero-order chi connectivity index (χ0) is 12.8. The van der Waals surface area contributed by atoms with Crippen LogP contribution in [-0.2, 0) is 0 Å². The molecule has 1 unspecified atom stereocenters. The Balaban J connectivity index is 2.43. The molecule has 0 spiro atoms. The lowest BCUT2D eigenvalue weighted by atomic mass is 9.97. The second kappa shape index (κ2) is 6.70. The number of rotatable bonds is 6. The van der Waals surface area contributed by atoms with E-state index in [4.69, 9.17) is 0 Å². The minimum atomic E-state index is -0.498. The standard InChI is InChI=1S/C14H21F2N/c1-10(2)9-17-5-4-11(3)12-6-13(15)8-14(16)7-12/h6-8,10-11,17H,4-5,9H2,1-3H3. The number of nitrogens with one attached hydrogen (secondary N) is 1. The summed E-state index contributed by atoms with van der Waals surface area (Å²) in [5, 5.41) is 3.33. The van der Waals surface area contributed by atoms with E-state index in [1.807, 2.05) is 6.92 Å². The van der Waals surface area contributed by atoms with Gasteiger partial charge in [0.2, 0.25) is 0 Å². The lowest BCUT2D eigenvalue weighted by Gasteiger charge is -2.13. The SMILES string of the molecule is CC(C)CNCCC(C)c1cc(F)cc(F)c1. The third kappa shape index (κ3) is 5.26. The Kier molecular flexibility index (Phi) is 5.56. The van der Waals surface area contributed by atoms with Gasteiger partial charge in [-0.15, -0.1) is 0 Å². The molecule has 1 N–H and O–H groups in total. The van der Waals surface area contributed by atoms with Crippen molar-refractivity contribution in [3.05, 3.63) is 35.4 Å². The smallest absolute Gasteiger partial charge is 0.126 e. The molecular formula is C14H21F2N. The quantitative estimate of drug-likeness (QED) is 0.749. The van der Waals surface area contributed by atoms with E-state index < -0.39 is 11.6 Å². The molecule has 1 rings (SSSR count). The molecule has 0 saturated carbocycles. The minimum absolute atomic E-state index is 0.167. The average molecular weight is 241 g/mol. The zero-order valence-corrected chi connectivity index (χ0v) is 10.8. The summed E-state index contributed by atoms with van der Waals surface area (Å²) in [6.07, 6.45) is 0.885. The zero-order valence-electron chi connectivity index (χ0n) is 10.8. The van der Waals surface area contributed by atoms with E-state index in [2.05, 4.69) is 19.2 Å². The molecule has 1 nitrogen and oxygen atoms in total. The summed E-state index contributed by atoms with van der Waals surface area (Å²) >= 11 is 0. The molecule has 1 aromatic carbocycles. The highest BCUT2D eigenvalue weighted by Crippen LogP contribution is 2.20. The Bertz CT molecular complexity index is 330. The first-order valence-corrected chi connectivity index (χ1v) is 6.15. The Morgan fingerprint density at radius 1 is 1.06 bits per heavy atom. The highest BCUT2D eigenvalue weighted by atomic mass is 19.1. The molecule has 0 bridgehead atoms. The highest BCUT2D eigenvalue weighted by Gasteiger charge is 2.08. The van der Waals surface area contributed by atoms with Crippen LogP contribution in [0.1, 0.15) is 38.7 Å². The summed E-state index contributed by atoms with van der Waals surface area (Å²) < 4.78 is 26.1. The van der Waals surface area contributed by atoms with Crippen molar-refractivity contribution in [2.45, 2.75) is 33.1 Å². The van der Waals surface area contributed by atoms with Crippen LogP contribution < -0.4 is 5.32 Å². The van der Waals surface area contributed by atoms with Gasteiger partial charge in [0.25, 0.3) is 0 Å². The normalized spacial score (nSPS) is 13.1. The van der Waals surface area contributed by atoms with Gasteiger partial charge in [-0.3, -0.25) is 0 Å². The second-order valence-corrected chi connectivity index (χ2v) is 4.99. The van der Waals surface area contributed by atoms with Crippen LogP contribution in [0.15, 0.2) is 18.2 Å². The fourth-order valence-electron chi connectivity index (χ4n) is 1.74. The van der Waals surface area contributed by atoms with Crippen LogP contribution in [0.5, 0.6) is 0 Å². The van der Waals surface area contributed by atoms with Crippen LogP contribution >= 0.6 is 0 Å². The number of benzene rings is 1. The molecule has 1 aromatic rings. The lowest BCUT2D eigenvalue weighted by Crippen LogP contribution is -2.21. The lowest BCUT2D eigenvalue weighted by molar-refractivity contribution is 0.521. The molecule has 0 aliphatic carbocycles. The van der Waals surface area contributed by atoms with Crippen molar-refractivity contribution in [3.8, 4) is 0 Å². The van der Waals surface area contributed by atoms with Crippen molar-refractivity contribution in [3.63, 3.8) is 0 Å². The van der Waals surface area contributed by atoms with Gasteiger partial charge in [-0.1, -0.05) is 20.8 Å².